The van der Waals surface area contributed by atoms with Crippen LogP contribution in [0.4, 0.5) is 5.13 Å². The fourth-order valence-electron chi connectivity index (χ4n) is 2.84. The van der Waals surface area contributed by atoms with E-state index in [9.17, 15) is 4.79 Å². The van der Waals surface area contributed by atoms with Crippen LogP contribution < -0.4 is 5.32 Å². The zero-order valence-corrected chi connectivity index (χ0v) is 13.4. The van der Waals surface area contributed by atoms with Crippen LogP contribution >= 0.6 is 11.3 Å². The Morgan fingerprint density at radius 2 is 2.30 bits per heavy atom. The maximum atomic E-state index is 11.7. The molecular weight excluding hydrogens is 272 g/mol. The summed E-state index contributed by atoms with van der Waals surface area (Å²) in [6.07, 6.45) is 5.28. The zero-order valence-electron chi connectivity index (χ0n) is 12.6. The van der Waals surface area contributed by atoms with E-state index in [4.69, 9.17) is 4.74 Å². The number of thiazole rings is 1. The first-order valence-corrected chi connectivity index (χ1v) is 8.30. The Kier molecular flexibility index (Phi) is 5.40. The first-order valence-electron chi connectivity index (χ1n) is 7.48. The molecule has 2 rings (SSSR count). The molecule has 1 heterocycles. The number of carbonyl (C=O) groups is 1. The summed E-state index contributed by atoms with van der Waals surface area (Å²) >= 11 is 1.53. The second kappa shape index (κ2) is 7.07. The molecule has 5 heteroatoms. The molecule has 0 saturated heterocycles. The van der Waals surface area contributed by atoms with Gasteiger partial charge in [0.1, 0.15) is 0 Å². The highest BCUT2D eigenvalue weighted by atomic mass is 32.1. The van der Waals surface area contributed by atoms with E-state index in [1.165, 1.54) is 37.0 Å². The van der Waals surface area contributed by atoms with Crippen LogP contribution in [0, 0.1) is 18.8 Å². The molecular formula is C15H24N2O2S. The summed E-state index contributed by atoms with van der Waals surface area (Å²) < 4.78 is 5.01. The molecule has 2 atom stereocenters. The highest BCUT2D eigenvalue weighted by Gasteiger charge is 2.20. The van der Waals surface area contributed by atoms with Crippen molar-refractivity contribution in [1.82, 2.24) is 4.98 Å². The minimum Gasteiger partial charge on any atom is -0.461 e. The van der Waals surface area contributed by atoms with E-state index in [1.807, 2.05) is 13.8 Å². The molecule has 1 aromatic rings. The summed E-state index contributed by atoms with van der Waals surface area (Å²) in [5.74, 6) is 1.25. The Morgan fingerprint density at radius 3 is 3.00 bits per heavy atom. The first kappa shape index (κ1) is 15.3. The summed E-state index contributed by atoms with van der Waals surface area (Å²) in [6.45, 7) is 7.40. The molecule has 1 aliphatic rings. The van der Waals surface area contributed by atoms with Crippen molar-refractivity contribution in [2.45, 2.75) is 46.5 Å². The van der Waals surface area contributed by atoms with Crippen LogP contribution in [0.25, 0.3) is 0 Å². The van der Waals surface area contributed by atoms with E-state index in [0.29, 0.717) is 12.3 Å². The van der Waals surface area contributed by atoms with Crippen LogP contribution in [0.15, 0.2) is 0 Å². The molecule has 1 fully saturated rings. The molecule has 0 aromatic carbocycles. The van der Waals surface area contributed by atoms with E-state index in [1.54, 1.807) is 0 Å². The Balaban J connectivity index is 1.90. The number of anilines is 1. The van der Waals surface area contributed by atoms with Crippen LogP contribution in [0.1, 0.15) is 54.9 Å². The van der Waals surface area contributed by atoms with Gasteiger partial charge < -0.3 is 10.1 Å². The predicted octanol–water partition coefficient (Wildman–Crippen LogP) is 3.87. The third-order valence-electron chi connectivity index (χ3n) is 3.85. The number of ether oxygens (including phenoxy) is 1. The molecule has 0 radical (unpaired) electrons. The van der Waals surface area contributed by atoms with Gasteiger partial charge in [0.2, 0.25) is 0 Å². The van der Waals surface area contributed by atoms with Gasteiger partial charge in [0, 0.05) is 11.4 Å². The van der Waals surface area contributed by atoms with Crippen molar-refractivity contribution in [2.75, 3.05) is 18.5 Å². The van der Waals surface area contributed by atoms with Crippen molar-refractivity contribution in [3.8, 4) is 0 Å². The Morgan fingerprint density at radius 1 is 1.50 bits per heavy atom. The molecule has 1 saturated carbocycles. The summed E-state index contributed by atoms with van der Waals surface area (Å²) in [4.78, 5) is 17.0. The minimum absolute atomic E-state index is 0.319. The SMILES string of the molecule is CCOC(=O)c1nc(NCC2CCCC(C)C2)sc1C. The number of carbonyl (C=O) groups excluding carboxylic acids is 1. The maximum absolute atomic E-state index is 11.7. The minimum atomic E-state index is -0.319. The van der Waals surface area contributed by atoms with Crippen LogP contribution in [-0.4, -0.2) is 24.1 Å². The van der Waals surface area contributed by atoms with E-state index >= 15 is 0 Å². The molecule has 1 aliphatic carbocycles. The van der Waals surface area contributed by atoms with Gasteiger partial charge in [-0.15, -0.1) is 11.3 Å². The number of nitrogens with zero attached hydrogens (tertiary/aromatic N) is 1. The van der Waals surface area contributed by atoms with Crippen molar-refractivity contribution in [3.05, 3.63) is 10.6 Å². The number of hydrogen-bond acceptors (Lipinski definition) is 5. The smallest absolute Gasteiger partial charge is 0.358 e. The number of rotatable bonds is 5. The number of nitrogens with one attached hydrogen (secondary N) is 1. The third-order valence-corrected chi connectivity index (χ3v) is 4.78. The highest BCUT2D eigenvalue weighted by molar-refractivity contribution is 7.15. The van der Waals surface area contributed by atoms with Crippen LogP contribution in [0.2, 0.25) is 0 Å². The first-order chi connectivity index (χ1) is 9.60. The number of esters is 1. The standard InChI is InChI=1S/C15H24N2O2S/c1-4-19-14(18)13-11(3)20-15(17-13)16-9-12-7-5-6-10(2)8-12/h10,12H,4-9H2,1-3H3,(H,16,17). The lowest BCUT2D eigenvalue weighted by atomic mass is 9.82. The quantitative estimate of drug-likeness (QED) is 0.838. The van der Waals surface area contributed by atoms with Crippen molar-refractivity contribution >= 4 is 22.4 Å². The Hall–Kier alpha value is -1.10. The molecule has 20 heavy (non-hydrogen) atoms. The van der Waals surface area contributed by atoms with Crippen LogP contribution in [0.3, 0.4) is 0 Å². The molecule has 1 aromatic heterocycles. The number of aromatic nitrogens is 1. The molecule has 4 nitrogen and oxygen atoms in total. The average molecular weight is 296 g/mol. The lowest BCUT2D eigenvalue weighted by Gasteiger charge is -2.26. The summed E-state index contributed by atoms with van der Waals surface area (Å²) in [6, 6.07) is 0. The maximum Gasteiger partial charge on any atom is 0.358 e. The van der Waals surface area contributed by atoms with Gasteiger partial charge in [-0.2, -0.15) is 0 Å². The van der Waals surface area contributed by atoms with Gasteiger partial charge in [0.25, 0.3) is 0 Å². The molecule has 112 valence electrons. The topological polar surface area (TPSA) is 51.2 Å². The number of hydrogen-bond donors (Lipinski definition) is 1. The summed E-state index contributed by atoms with van der Waals surface area (Å²) in [5, 5.41) is 4.23. The molecule has 0 bridgehead atoms. The molecule has 2 unspecified atom stereocenters. The fourth-order valence-corrected chi connectivity index (χ4v) is 3.65. The Bertz CT molecular complexity index is 459. The Labute approximate surface area is 124 Å². The zero-order chi connectivity index (χ0) is 14.5. The normalized spacial score (nSPS) is 22.6. The predicted molar refractivity (Wildman–Crippen MR) is 82.4 cm³/mol. The largest absolute Gasteiger partial charge is 0.461 e. The van der Waals surface area contributed by atoms with Gasteiger partial charge in [-0.3, -0.25) is 0 Å². The van der Waals surface area contributed by atoms with Crippen molar-refractivity contribution in [3.63, 3.8) is 0 Å². The van der Waals surface area contributed by atoms with Crippen LogP contribution in [-0.2, 0) is 4.74 Å². The second-order valence-electron chi connectivity index (χ2n) is 5.66. The monoisotopic (exact) mass is 296 g/mol. The van der Waals surface area contributed by atoms with E-state index in [-0.39, 0.29) is 5.97 Å². The summed E-state index contributed by atoms with van der Waals surface area (Å²) in [5.41, 5.74) is 0.455. The molecule has 0 amide bonds. The van der Waals surface area contributed by atoms with Gasteiger partial charge in [-0.1, -0.05) is 19.8 Å². The third kappa shape index (κ3) is 3.95. The van der Waals surface area contributed by atoms with Crippen molar-refractivity contribution in [1.29, 1.82) is 0 Å². The molecule has 1 N–H and O–H groups in total. The fraction of sp³-hybridized carbons (Fsp3) is 0.733. The average Bonchev–Trinajstić information content (AvgIpc) is 2.78. The highest BCUT2D eigenvalue weighted by Crippen LogP contribution is 2.29. The van der Waals surface area contributed by atoms with Gasteiger partial charge in [0.15, 0.2) is 10.8 Å². The lowest BCUT2D eigenvalue weighted by molar-refractivity contribution is 0.0519. The number of aryl methyl sites for hydroxylation is 1. The van der Waals surface area contributed by atoms with E-state index in [2.05, 4.69) is 17.2 Å². The summed E-state index contributed by atoms with van der Waals surface area (Å²) in [7, 11) is 0. The van der Waals surface area contributed by atoms with Gasteiger partial charge in [-0.05, 0) is 38.5 Å². The van der Waals surface area contributed by atoms with E-state index in [0.717, 1.165) is 28.4 Å². The molecule has 0 spiro atoms. The van der Waals surface area contributed by atoms with Crippen molar-refractivity contribution in [2.24, 2.45) is 11.8 Å². The van der Waals surface area contributed by atoms with Crippen molar-refractivity contribution < 1.29 is 9.53 Å². The van der Waals surface area contributed by atoms with Gasteiger partial charge in [0.05, 0.1) is 6.61 Å². The van der Waals surface area contributed by atoms with Gasteiger partial charge >= 0.3 is 5.97 Å². The molecule has 0 aliphatic heterocycles. The lowest BCUT2D eigenvalue weighted by Crippen LogP contribution is -2.21. The second-order valence-corrected chi connectivity index (χ2v) is 6.87. The van der Waals surface area contributed by atoms with Gasteiger partial charge in [-0.25, -0.2) is 9.78 Å². The van der Waals surface area contributed by atoms with E-state index < -0.39 is 0 Å². The van der Waals surface area contributed by atoms with Crippen LogP contribution in [0.5, 0.6) is 0 Å².